The van der Waals surface area contributed by atoms with Crippen LogP contribution in [0.25, 0.3) is 0 Å². The van der Waals surface area contributed by atoms with Crippen LogP contribution in [0.15, 0.2) is 71.2 Å². The van der Waals surface area contributed by atoms with Crippen LogP contribution in [-0.2, 0) is 13.0 Å². The third-order valence-corrected chi connectivity index (χ3v) is 5.05. The van der Waals surface area contributed by atoms with E-state index in [1.54, 1.807) is 6.07 Å². The minimum Gasteiger partial charge on any atom is -0.490 e. The van der Waals surface area contributed by atoms with E-state index in [0.717, 1.165) is 33.7 Å². The summed E-state index contributed by atoms with van der Waals surface area (Å²) >= 11 is 3.42. The minimum atomic E-state index is 0.0363. The van der Waals surface area contributed by atoms with Crippen LogP contribution < -0.4 is 14.2 Å². The summed E-state index contributed by atoms with van der Waals surface area (Å²) in [6.45, 7) is 0.829. The van der Waals surface area contributed by atoms with Gasteiger partial charge in [0, 0.05) is 16.5 Å². The fourth-order valence-corrected chi connectivity index (χ4v) is 3.53. The molecule has 0 aromatic heterocycles. The van der Waals surface area contributed by atoms with Crippen LogP contribution >= 0.6 is 15.9 Å². The summed E-state index contributed by atoms with van der Waals surface area (Å²) in [5, 5.41) is 9.20. The number of rotatable bonds is 6. The van der Waals surface area contributed by atoms with Crippen LogP contribution in [-0.4, -0.2) is 12.7 Å². The Hall–Kier alpha value is -2.97. The zero-order valence-electron chi connectivity index (χ0n) is 15.1. The van der Waals surface area contributed by atoms with E-state index >= 15 is 0 Å². The molecule has 3 aromatic rings. The fraction of sp³-hybridized carbons (Fsp3) is 0.174. The van der Waals surface area contributed by atoms with Gasteiger partial charge in [0.25, 0.3) is 0 Å². The first kappa shape index (κ1) is 18.4. The van der Waals surface area contributed by atoms with Gasteiger partial charge in [-0.2, -0.15) is 5.26 Å². The van der Waals surface area contributed by atoms with Gasteiger partial charge >= 0.3 is 0 Å². The number of benzene rings is 3. The Labute approximate surface area is 172 Å². The Bertz CT molecular complexity index is 986. The van der Waals surface area contributed by atoms with Gasteiger partial charge in [0.1, 0.15) is 36.6 Å². The second-order valence-electron chi connectivity index (χ2n) is 6.54. The highest BCUT2D eigenvalue weighted by atomic mass is 79.9. The van der Waals surface area contributed by atoms with Gasteiger partial charge in [-0.15, -0.1) is 0 Å². The van der Waals surface area contributed by atoms with E-state index in [1.807, 2.05) is 54.6 Å². The van der Waals surface area contributed by atoms with Crippen LogP contribution in [0.4, 0.5) is 0 Å². The normalized spacial score (nSPS) is 14.6. The number of nitriles is 1. The number of nitrogens with zero attached hydrogens (tertiary/aromatic N) is 1. The average molecular weight is 436 g/mol. The summed E-state index contributed by atoms with van der Waals surface area (Å²) in [5.74, 6) is 2.44. The SMILES string of the molecule is N#Cc1ccc(Br)cc1COc1ccc(OCC2Cc3ccccc3O2)cc1. The molecule has 4 rings (SSSR count). The topological polar surface area (TPSA) is 51.5 Å². The molecule has 0 amide bonds. The van der Waals surface area contributed by atoms with Gasteiger partial charge < -0.3 is 14.2 Å². The Morgan fingerprint density at radius 3 is 2.50 bits per heavy atom. The average Bonchev–Trinajstić information content (AvgIpc) is 3.14. The van der Waals surface area contributed by atoms with Crippen molar-refractivity contribution in [3.8, 4) is 23.3 Å². The van der Waals surface area contributed by atoms with Crippen LogP contribution in [0.2, 0.25) is 0 Å². The quantitative estimate of drug-likeness (QED) is 0.528. The minimum absolute atomic E-state index is 0.0363. The van der Waals surface area contributed by atoms with E-state index in [2.05, 4.69) is 28.1 Å². The molecule has 0 aliphatic carbocycles. The number of para-hydroxylation sites is 1. The molecule has 0 saturated heterocycles. The highest BCUT2D eigenvalue weighted by molar-refractivity contribution is 9.10. The Morgan fingerprint density at radius 2 is 1.75 bits per heavy atom. The monoisotopic (exact) mass is 435 g/mol. The van der Waals surface area contributed by atoms with Gasteiger partial charge in [-0.25, -0.2) is 0 Å². The smallest absolute Gasteiger partial charge is 0.137 e. The van der Waals surface area contributed by atoms with Crippen LogP contribution in [0.5, 0.6) is 17.2 Å². The Balaban J connectivity index is 1.30. The molecule has 4 nitrogen and oxygen atoms in total. The molecule has 0 fully saturated rings. The third kappa shape index (κ3) is 4.29. The Morgan fingerprint density at radius 1 is 1.00 bits per heavy atom. The molecule has 1 heterocycles. The summed E-state index contributed by atoms with van der Waals surface area (Å²) in [7, 11) is 0. The molecule has 1 atom stereocenters. The molecule has 28 heavy (non-hydrogen) atoms. The molecule has 0 spiro atoms. The molecule has 3 aromatic carbocycles. The molecule has 0 radical (unpaired) electrons. The van der Waals surface area contributed by atoms with Crippen LogP contribution in [0.1, 0.15) is 16.7 Å². The molecular weight excluding hydrogens is 418 g/mol. The van der Waals surface area contributed by atoms with Crippen molar-refractivity contribution in [2.24, 2.45) is 0 Å². The number of halogens is 1. The summed E-state index contributed by atoms with van der Waals surface area (Å²) in [6, 6.07) is 23.3. The third-order valence-electron chi connectivity index (χ3n) is 4.56. The Kier molecular flexibility index (Phi) is 5.50. The van der Waals surface area contributed by atoms with Gasteiger partial charge in [0.05, 0.1) is 11.6 Å². The first-order valence-electron chi connectivity index (χ1n) is 9.00. The lowest BCUT2D eigenvalue weighted by Crippen LogP contribution is -2.22. The maximum Gasteiger partial charge on any atom is 0.137 e. The summed E-state index contributed by atoms with van der Waals surface area (Å²) < 4.78 is 18.5. The molecule has 0 bridgehead atoms. The standard InChI is InChI=1S/C23H18BrNO3/c24-19-6-5-17(13-25)18(11-19)14-26-20-7-9-21(10-8-20)27-15-22-12-16-3-1-2-4-23(16)28-22/h1-11,22H,12,14-15H2. The highest BCUT2D eigenvalue weighted by Crippen LogP contribution is 2.28. The highest BCUT2D eigenvalue weighted by Gasteiger charge is 2.22. The van der Waals surface area contributed by atoms with Crippen molar-refractivity contribution in [3.05, 3.63) is 87.9 Å². The second kappa shape index (κ2) is 8.37. The van der Waals surface area contributed by atoms with E-state index < -0.39 is 0 Å². The second-order valence-corrected chi connectivity index (χ2v) is 7.45. The van der Waals surface area contributed by atoms with E-state index in [0.29, 0.717) is 18.8 Å². The zero-order valence-corrected chi connectivity index (χ0v) is 16.7. The van der Waals surface area contributed by atoms with E-state index in [4.69, 9.17) is 14.2 Å². The first-order chi connectivity index (χ1) is 13.7. The summed E-state index contributed by atoms with van der Waals surface area (Å²) in [6.07, 6.45) is 0.903. The van der Waals surface area contributed by atoms with Gasteiger partial charge in [0.15, 0.2) is 0 Å². The van der Waals surface area contributed by atoms with Crippen LogP contribution in [0.3, 0.4) is 0 Å². The van der Waals surface area contributed by atoms with Crippen molar-refractivity contribution < 1.29 is 14.2 Å². The van der Waals surface area contributed by atoms with Gasteiger partial charge in [-0.1, -0.05) is 34.1 Å². The van der Waals surface area contributed by atoms with Gasteiger partial charge in [0.2, 0.25) is 0 Å². The number of fused-ring (bicyclic) bond motifs is 1. The van der Waals surface area contributed by atoms with Crippen molar-refractivity contribution in [1.82, 2.24) is 0 Å². The van der Waals surface area contributed by atoms with Crippen molar-refractivity contribution in [1.29, 1.82) is 5.26 Å². The molecule has 1 unspecified atom stereocenters. The summed E-state index contributed by atoms with van der Waals surface area (Å²) in [5.41, 5.74) is 2.68. The summed E-state index contributed by atoms with van der Waals surface area (Å²) in [4.78, 5) is 0. The van der Waals surface area contributed by atoms with Crippen molar-refractivity contribution >= 4 is 15.9 Å². The van der Waals surface area contributed by atoms with E-state index in [-0.39, 0.29) is 6.10 Å². The number of ether oxygens (including phenoxy) is 3. The predicted molar refractivity (Wildman–Crippen MR) is 110 cm³/mol. The van der Waals surface area contributed by atoms with E-state index in [1.165, 1.54) is 5.56 Å². The lowest BCUT2D eigenvalue weighted by molar-refractivity contribution is 0.148. The van der Waals surface area contributed by atoms with Crippen molar-refractivity contribution in [2.45, 2.75) is 19.1 Å². The lowest BCUT2D eigenvalue weighted by atomic mass is 10.1. The van der Waals surface area contributed by atoms with Crippen molar-refractivity contribution in [2.75, 3.05) is 6.61 Å². The number of hydrogen-bond donors (Lipinski definition) is 0. The van der Waals surface area contributed by atoms with Crippen LogP contribution in [0, 0.1) is 11.3 Å². The molecule has 1 aliphatic rings. The molecule has 5 heteroatoms. The molecule has 0 N–H and O–H groups in total. The van der Waals surface area contributed by atoms with E-state index in [9.17, 15) is 5.26 Å². The molecule has 140 valence electrons. The van der Waals surface area contributed by atoms with Gasteiger partial charge in [-0.05, 0) is 54.1 Å². The fourth-order valence-electron chi connectivity index (χ4n) is 3.12. The van der Waals surface area contributed by atoms with Crippen molar-refractivity contribution in [3.63, 3.8) is 0 Å². The molecule has 1 aliphatic heterocycles. The molecular formula is C23H18BrNO3. The maximum absolute atomic E-state index is 9.20. The zero-order chi connectivity index (χ0) is 19.3. The van der Waals surface area contributed by atoms with Gasteiger partial charge in [-0.3, -0.25) is 0 Å². The lowest BCUT2D eigenvalue weighted by Gasteiger charge is -2.13. The largest absolute Gasteiger partial charge is 0.490 e. The maximum atomic E-state index is 9.20. The number of hydrogen-bond acceptors (Lipinski definition) is 4. The molecule has 0 saturated carbocycles. The predicted octanol–water partition coefficient (Wildman–Crippen LogP) is 5.28. The first-order valence-corrected chi connectivity index (χ1v) is 9.79.